The zero-order valence-electron chi connectivity index (χ0n) is 41.8. The number of hydrogen-bond donors (Lipinski definition) is 0. The molecule has 0 aromatic heterocycles. The van der Waals surface area contributed by atoms with E-state index in [0.717, 1.165) is 69.6 Å². The lowest BCUT2D eigenvalue weighted by Gasteiger charge is -2.18. The minimum atomic E-state index is -0.762. The second-order valence-electron chi connectivity index (χ2n) is 19.8. The lowest BCUT2D eigenvalue weighted by Crippen LogP contribution is -2.30. The van der Waals surface area contributed by atoms with Crippen molar-refractivity contribution in [3.8, 4) is 0 Å². The molecular weight excluding hydrogens is 757 g/mol. The predicted molar refractivity (Wildman–Crippen MR) is 261 cm³/mol. The molecule has 0 rings (SSSR count). The first-order chi connectivity index (χ1) is 29.7. The molecule has 0 aromatic carbocycles. The zero-order valence-corrected chi connectivity index (χ0v) is 41.8. The van der Waals surface area contributed by atoms with Crippen LogP contribution >= 0.6 is 0 Å². The molecule has 0 aliphatic carbocycles. The topological polar surface area (TPSA) is 78.9 Å². The van der Waals surface area contributed by atoms with Crippen molar-refractivity contribution in [1.82, 2.24) is 0 Å². The third-order valence-electron chi connectivity index (χ3n) is 12.5. The highest BCUT2D eigenvalue weighted by Gasteiger charge is 2.19. The van der Waals surface area contributed by atoms with Crippen molar-refractivity contribution < 1.29 is 28.6 Å². The van der Waals surface area contributed by atoms with Gasteiger partial charge in [-0.05, 0) is 31.1 Å². The van der Waals surface area contributed by atoms with Crippen LogP contribution in [0.3, 0.4) is 0 Å². The molecular formula is C55H106O6. The van der Waals surface area contributed by atoms with Crippen molar-refractivity contribution >= 4 is 17.9 Å². The maximum Gasteiger partial charge on any atom is 0.306 e. The summed E-state index contributed by atoms with van der Waals surface area (Å²) >= 11 is 0. The summed E-state index contributed by atoms with van der Waals surface area (Å²) in [4.78, 5) is 38.0. The van der Waals surface area contributed by atoms with E-state index in [4.69, 9.17) is 14.2 Å². The Labute approximate surface area is 380 Å². The zero-order chi connectivity index (χ0) is 44.7. The van der Waals surface area contributed by atoms with Crippen LogP contribution in [0.1, 0.15) is 304 Å². The summed E-state index contributed by atoms with van der Waals surface area (Å²) in [6.45, 7) is 11.3. The van der Waals surface area contributed by atoms with E-state index in [9.17, 15) is 14.4 Å². The molecule has 0 fully saturated rings. The highest BCUT2D eigenvalue weighted by Crippen LogP contribution is 2.18. The van der Waals surface area contributed by atoms with Crippen LogP contribution in [-0.4, -0.2) is 37.2 Å². The summed E-state index contributed by atoms with van der Waals surface area (Å²) in [5.74, 6) is 0.762. The van der Waals surface area contributed by atoms with E-state index >= 15 is 0 Å². The third-order valence-corrected chi connectivity index (χ3v) is 12.5. The molecule has 1 atom stereocenters. The van der Waals surface area contributed by atoms with Crippen molar-refractivity contribution in [3.05, 3.63) is 0 Å². The van der Waals surface area contributed by atoms with E-state index in [0.29, 0.717) is 19.3 Å². The summed E-state index contributed by atoms with van der Waals surface area (Å²) in [5.41, 5.74) is 0. The van der Waals surface area contributed by atoms with Crippen molar-refractivity contribution in [2.24, 2.45) is 11.8 Å². The van der Waals surface area contributed by atoms with Gasteiger partial charge in [0.15, 0.2) is 6.10 Å². The number of rotatable bonds is 49. The lowest BCUT2D eigenvalue weighted by atomic mass is 10.0. The molecule has 0 saturated heterocycles. The molecule has 6 heteroatoms. The van der Waals surface area contributed by atoms with E-state index < -0.39 is 6.10 Å². The molecule has 0 bridgehead atoms. The van der Waals surface area contributed by atoms with Crippen LogP contribution in [0.25, 0.3) is 0 Å². The largest absolute Gasteiger partial charge is 0.462 e. The SMILES string of the molecule is CCCCCCCCCCCCCCCCCCC(=O)OC[C@H](COC(=O)CCCCCCCCC(C)C)OC(=O)CCCCCCCCCCCCCCCCCC(C)C. The highest BCUT2D eigenvalue weighted by molar-refractivity contribution is 5.71. The highest BCUT2D eigenvalue weighted by atomic mass is 16.6. The molecule has 0 unspecified atom stereocenters. The average Bonchev–Trinajstić information content (AvgIpc) is 3.23. The molecule has 0 N–H and O–H groups in total. The van der Waals surface area contributed by atoms with Crippen molar-refractivity contribution in [3.63, 3.8) is 0 Å². The average molecular weight is 863 g/mol. The number of carbonyl (C=O) groups is 3. The minimum Gasteiger partial charge on any atom is -0.462 e. The number of hydrogen-bond acceptors (Lipinski definition) is 6. The van der Waals surface area contributed by atoms with E-state index in [-0.39, 0.29) is 31.1 Å². The van der Waals surface area contributed by atoms with Crippen molar-refractivity contribution in [1.29, 1.82) is 0 Å². The van der Waals surface area contributed by atoms with Crippen LogP contribution < -0.4 is 0 Å². The molecule has 0 aliphatic heterocycles. The van der Waals surface area contributed by atoms with Gasteiger partial charge in [0.05, 0.1) is 0 Å². The molecule has 0 saturated carbocycles. The summed E-state index contributed by atoms with van der Waals surface area (Å²) in [6.07, 6.45) is 49.6. The number of ether oxygens (including phenoxy) is 3. The Morgan fingerprint density at radius 1 is 0.311 bits per heavy atom. The first-order valence-corrected chi connectivity index (χ1v) is 27.2. The Hall–Kier alpha value is -1.59. The van der Waals surface area contributed by atoms with Gasteiger partial charge in [-0.25, -0.2) is 0 Å². The van der Waals surface area contributed by atoms with Crippen LogP contribution in [0.15, 0.2) is 0 Å². The van der Waals surface area contributed by atoms with Gasteiger partial charge in [0, 0.05) is 19.3 Å². The van der Waals surface area contributed by atoms with E-state index in [2.05, 4.69) is 34.6 Å². The lowest BCUT2D eigenvalue weighted by molar-refractivity contribution is -0.167. The van der Waals surface area contributed by atoms with Gasteiger partial charge in [-0.2, -0.15) is 0 Å². The summed E-state index contributed by atoms with van der Waals surface area (Å²) in [6, 6.07) is 0. The van der Waals surface area contributed by atoms with E-state index in [1.165, 1.54) is 193 Å². The second-order valence-corrected chi connectivity index (χ2v) is 19.8. The number of esters is 3. The molecule has 362 valence electrons. The Morgan fingerprint density at radius 3 is 0.803 bits per heavy atom. The van der Waals surface area contributed by atoms with Gasteiger partial charge in [-0.1, -0.05) is 266 Å². The van der Waals surface area contributed by atoms with Gasteiger partial charge in [0.1, 0.15) is 13.2 Å². The quantitative estimate of drug-likeness (QED) is 0.0344. The molecule has 0 heterocycles. The molecule has 0 spiro atoms. The van der Waals surface area contributed by atoms with Gasteiger partial charge >= 0.3 is 17.9 Å². The number of carbonyl (C=O) groups excluding carboxylic acids is 3. The van der Waals surface area contributed by atoms with Gasteiger partial charge < -0.3 is 14.2 Å². The first kappa shape index (κ1) is 59.4. The Morgan fingerprint density at radius 2 is 0.541 bits per heavy atom. The molecule has 0 aliphatic rings. The van der Waals surface area contributed by atoms with Crippen LogP contribution in [0.5, 0.6) is 0 Å². The smallest absolute Gasteiger partial charge is 0.306 e. The molecule has 61 heavy (non-hydrogen) atoms. The molecule has 0 aromatic rings. The Bertz CT molecular complexity index is 931. The summed E-state index contributed by atoms with van der Waals surface area (Å²) in [5, 5.41) is 0. The summed E-state index contributed by atoms with van der Waals surface area (Å²) in [7, 11) is 0. The van der Waals surface area contributed by atoms with Gasteiger partial charge in [-0.3, -0.25) is 14.4 Å². The molecule has 0 radical (unpaired) electrons. The third kappa shape index (κ3) is 49.3. The van der Waals surface area contributed by atoms with Crippen LogP contribution in [0.2, 0.25) is 0 Å². The fraction of sp³-hybridized carbons (Fsp3) is 0.945. The standard InChI is InChI=1S/C55H106O6/c1-6-7-8-9-10-11-12-13-14-17-20-23-26-29-35-40-45-53(56)59-48-52(49-60-54(57)46-41-36-32-31-34-39-44-51(4)5)61-55(58)47-42-37-30-27-24-21-18-15-16-19-22-25-28-33-38-43-50(2)3/h50-52H,6-49H2,1-5H3/t52-/m1/s1. The maximum atomic E-state index is 12.8. The monoisotopic (exact) mass is 863 g/mol. The first-order valence-electron chi connectivity index (χ1n) is 27.2. The van der Waals surface area contributed by atoms with E-state index in [1.54, 1.807) is 0 Å². The van der Waals surface area contributed by atoms with E-state index in [1.807, 2.05) is 0 Å². The fourth-order valence-corrected chi connectivity index (χ4v) is 8.34. The van der Waals surface area contributed by atoms with Crippen LogP contribution in [0, 0.1) is 11.8 Å². The normalized spacial score (nSPS) is 12.0. The van der Waals surface area contributed by atoms with Gasteiger partial charge in [0.2, 0.25) is 0 Å². The Kier molecular flexibility index (Phi) is 46.6. The number of unbranched alkanes of at least 4 members (excludes halogenated alkanes) is 34. The maximum absolute atomic E-state index is 12.8. The van der Waals surface area contributed by atoms with Gasteiger partial charge in [0.25, 0.3) is 0 Å². The molecule has 0 amide bonds. The summed E-state index contributed by atoms with van der Waals surface area (Å²) < 4.78 is 16.8. The van der Waals surface area contributed by atoms with Crippen LogP contribution in [-0.2, 0) is 28.6 Å². The predicted octanol–water partition coefficient (Wildman–Crippen LogP) is 17.7. The second kappa shape index (κ2) is 47.9. The van der Waals surface area contributed by atoms with Crippen molar-refractivity contribution in [2.45, 2.75) is 310 Å². The van der Waals surface area contributed by atoms with Crippen LogP contribution in [0.4, 0.5) is 0 Å². The van der Waals surface area contributed by atoms with Gasteiger partial charge in [-0.15, -0.1) is 0 Å². The minimum absolute atomic E-state index is 0.0640. The Balaban J connectivity index is 4.24. The molecule has 6 nitrogen and oxygen atoms in total. The van der Waals surface area contributed by atoms with Crippen molar-refractivity contribution in [2.75, 3.05) is 13.2 Å². The fourth-order valence-electron chi connectivity index (χ4n) is 8.34.